The van der Waals surface area contributed by atoms with E-state index >= 15 is 0 Å². The standard InChI is InChI=1S/C17H24ClFN2/c1-12(16-7-6-14(19)9-17(16)18)21(10-13-4-5-13)11-15-3-2-8-20-15/h6-7,9,12-13,15,20H,2-5,8,10-11H2,1H3. The molecule has 116 valence electrons. The molecular weight excluding hydrogens is 287 g/mol. The molecule has 1 aliphatic heterocycles. The zero-order chi connectivity index (χ0) is 14.8. The van der Waals surface area contributed by atoms with Gasteiger partial charge in [-0.25, -0.2) is 4.39 Å². The third kappa shape index (κ3) is 3.97. The second-order valence-electron chi connectivity index (χ2n) is 6.53. The van der Waals surface area contributed by atoms with E-state index in [2.05, 4.69) is 17.1 Å². The van der Waals surface area contributed by atoms with Crippen molar-refractivity contribution in [2.45, 2.75) is 44.7 Å². The fourth-order valence-electron chi connectivity index (χ4n) is 3.26. The van der Waals surface area contributed by atoms with Crippen LogP contribution in [0.25, 0.3) is 0 Å². The number of rotatable bonds is 6. The number of benzene rings is 1. The molecule has 1 N–H and O–H groups in total. The number of hydrogen-bond donors (Lipinski definition) is 1. The molecule has 2 aliphatic rings. The molecule has 2 nitrogen and oxygen atoms in total. The molecule has 2 fully saturated rings. The summed E-state index contributed by atoms with van der Waals surface area (Å²) in [4.78, 5) is 2.53. The molecule has 0 amide bonds. The summed E-state index contributed by atoms with van der Waals surface area (Å²) in [5.41, 5.74) is 1.04. The van der Waals surface area contributed by atoms with Crippen molar-refractivity contribution >= 4 is 11.6 Å². The van der Waals surface area contributed by atoms with Crippen molar-refractivity contribution in [3.8, 4) is 0 Å². The fourth-order valence-corrected chi connectivity index (χ4v) is 3.58. The Morgan fingerprint density at radius 2 is 2.14 bits per heavy atom. The minimum absolute atomic E-state index is 0.237. The highest BCUT2D eigenvalue weighted by molar-refractivity contribution is 6.31. The summed E-state index contributed by atoms with van der Waals surface area (Å²) in [6.45, 7) is 5.52. The molecule has 0 aromatic heterocycles. The van der Waals surface area contributed by atoms with Gasteiger partial charge in [0, 0.05) is 30.2 Å². The highest BCUT2D eigenvalue weighted by atomic mass is 35.5. The van der Waals surface area contributed by atoms with Gasteiger partial charge in [0.2, 0.25) is 0 Å². The third-order valence-corrected chi connectivity index (χ3v) is 5.09. The molecule has 0 spiro atoms. The van der Waals surface area contributed by atoms with Gasteiger partial charge in [-0.05, 0) is 62.8 Å². The topological polar surface area (TPSA) is 15.3 Å². The minimum Gasteiger partial charge on any atom is -0.313 e. The van der Waals surface area contributed by atoms with Crippen molar-refractivity contribution in [1.29, 1.82) is 0 Å². The van der Waals surface area contributed by atoms with Crippen molar-refractivity contribution in [1.82, 2.24) is 10.2 Å². The van der Waals surface area contributed by atoms with Gasteiger partial charge in [-0.3, -0.25) is 4.90 Å². The Kier molecular flexibility index (Phi) is 4.82. The lowest BCUT2D eigenvalue weighted by atomic mass is 10.0. The SMILES string of the molecule is CC(c1ccc(F)cc1Cl)N(CC1CC1)CC1CCCN1. The summed E-state index contributed by atoms with van der Waals surface area (Å²) in [7, 11) is 0. The molecular formula is C17H24ClFN2. The number of nitrogens with one attached hydrogen (secondary N) is 1. The number of nitrogens with zero attached hydrogens (tertiary/aromatic N) is 1. The lowest BCUT2D eigenvalue weighted by Crippen LogP contribution is -2.40. The summed E-state index contributed by atoms with van der Waals surface area (Å²) in [5, 5.41) is 4.12. The molecule has 0 bridgehead atoms. The van der Waals surface area contributed by atoms with Gasteiger partial charge >= 0.3 is 0 Å². The van der Waals surface area contributed by atoms with E-state index in [1.807, 2.05) is 6.07 Å². The van der Waals surface area contributed by atoms with E-state index in [1.165, 1.54) is 37.8 Å². The van der Waals surface area contributed by atoms with Crippen molar-refractivity contribution in [3.05, 3.63) is 34.6 Å². The fraction of sp³-hybridized carbons (Fsp3) is 0.647. The van der Waals surface area contributed by atoms with Gasteiger partial charge in [-0.15, -0.1) is 0 Å². The van der Waals surface area contributed by atoms with Crippen LogP contribution < -0.4 is 5.32 Å². The average Bonchev–Trinajstić information content (AvgIpc) is 3.11. The van der Waals surface area contributed by atoms with Crippen LogP contribution in [0.2, 0.25) is 5.02 Å². The Hall–Kier alpha value is -0.640. The van der Waals surface area contributed by atoms with E-state index in [0.717, 1.165) is 31.1 Å². The maximum Gasteiger partial charge on any atom is 0.124 e. The molecule has 1 saturated heterocycles. The quantitative estimate of drug-likeness (QED) is 0.854. The molecule has 1 aromatic rings. The molecule has 4 heteroatoms. The first-order chi connectivity index (χ1) is 10.1. The highest BCUT2D eigenvalue weighted by Gasteiger charge is 2.30. The van der Waals surface area contributed by atoms with Crippen LogP contribution in [-0.4, -0.2) is 30.6 Å². The summed E-state index contributed by atoms with van der Waals surface area (Å²) in [6.07, 6.45) is 5.22. The normalized spacial score (nSPS) is 23.7. The Morgan fingerprint density at radius 1 is 1.33 bits per heavy atom. The van der Waals surface area contributed by atoms with Crippen molar-refractivity contribution in [2.24, 2.45) is 5.92 Å². The molecule has 2 atom stereocenters. The van der Waals surface area contributed by atoms with E-state index in [4.69, 9.17) is 11.6 Å². The molecule has 1 aliphatic carbocycles. The first kappa shape index (κ1) is 15.3. The zero-order valence-electron chi connectivity index (χ0n) is 12.6. The van der Waals surface area contributed by atoms with E-state index in [0.29, 0.717) is 11.1 Å². The Morgan fingerprint density at radius 3 is 2.76 bits per heavy atom. The van der Waals surface area contributed by atoms with Gasteiger partial charge in [0.25, 0.3) is 0 Å². The van der Waals surface area contributed by atoms with Crippen LogP contribution >= 0.6 is 11.6 Å². The predicted octanol–water partition coefficient (Wildman–Crippen LogP) is 4.00. The van der Waals surface area contributed by atoms with Gasteiger partial charge in [-0.1, -0.05) is 17.7 Å². The lowest BCUT2D eigenvalue weighted by molar-refractivity contribution is 0.184. The van der Waals surface area contributed by atoms with Gasteiger partial charge in [0.1, 0.15) is 5.82 Å². The molecule has 1 aromatic carbocycles. The van der Waals surface area contributed by atoms with Crippen molar-refractivity contribution in [3.63, 3.8) is 0 Å². The summed E-state index contributed by atoms with van der Waals surface area (Å²) in [5.74, 6) is 0.579. The smallest absolute Gasteiger partial charge is 0.124 e. The zero-order valence-corrected chi connectivity index (χ0v) is 13.4. The molecule has 2 unspecified atom stereocenters. The number of halogens is 2. The Labute approximate surface area is 131 Å². The molecule has 21 heavy (non-hydrogen) atoms. The van der Waals surface area contributed by atoms with Crippen LogP contribution in [0.3, 0.4) is 0 Å². The molecule has 1 heterocycles. The van der Waals surface area contributed by atoms with Crippen LogP contribution in [0.5, 0.6) is 0 Å². The highest BCUT2D eigenvalue weighted by Crippen LogP contribution is 2.35. The maximum atomic E-state index is 13.3. The monoisotopic (exact) mass is 310 g/mol. The Balaban J connectivity index is 1.73. The largest absolute Gasteiger partial charge is 0.313 e. The average molecular weight is 311 g/mol. The van der Waals surface area contributed by atoms with Gasteiger partial charge in [-0.2, -0.15) is 0 Å². The van der Waals surface area contributed by atoms with Crippen LogP contribution in [0.4, 0.5) is 4.39 Å². The maximum absolute atomic E-state index is 13.3. The molecule has 3 rings (SSSR count). The van der Waals surface area contributed by atoms with E-state index in [-0.39, 0.29) is 11.9 Å². The summed E-state index contributed by atoms with van der Waals surface area (Å²) in [6, 6.07) is 5.60. The van der Waals surface area contributed by atoms with Gasteiger partial charge in [0.15, 0.2) is 0 Å². The molecule has 1 saturated carbocycles. The van der Waals surface area contributed by atoms with Gasteiger partial charge < -0.3 is 5.32 Å². The second-order valence-corrected chi connectivity index (χ2v) is 6.94. The minimum atomic E-state index is -0.262. The molecule has 0 radical (unpaired) electrons. The Bertz CT molecular complexity index is 484. The van der Waals surface area contributed by atoms with E-state index in [9.17, 15) is 4.39 Å². The van der Waals surface area contributed by atoms with Gasteiger partial charge in [0.05, 0.1) is 0 Å². The first-order valence-electron chi connectivity index (χ1n) is 8.06. The lowest BCUT2D eigenvalue weighted by Gasteiger charge is -2.32. The summed E-state index contributed by atoms with van der Waals surface area (Å²) >= 11 is 6.25. The summed E-state index contributed by atoms with van der Waals surface area (Å²) < 4.78 is 13.3. The van der Waals surface area contributed by atoms with Crippen LogP contribution in [0.15, 0.2) is 18.2 Å². The van der Waals surface area contributed by atoms with Crippen LogP contribution in [0.1, 0.15) is 44.2 Å². The number of hydrogen-bond acceptors (Lipinski definition) is 2. The predicted molar refractivity (Wildman–Crippen MR) is 85.1 cm³/mol. The van der Waals surface area contributed by atoms with Crippen LogP contribution in [0, 0.1) is 11.7 Å². The van der Waals surface area contributed by atoms with Crippen molar-refractivity contribution < 1.29 is 4.39 Å². The van der Waals surface area contributed by atoms with Crippen molar-refractivity contribution in [2.75, 3.05) is 19.6 Å². The first-order valence-corrected chi connectivity index (χ1v) is 8.43. The van der Waals surface area contributed by atoms with Crippen LogP contribution in [-0.2, 0) is 0 Å². The second kappa shape index (κ2) is 6.64. The van der Waals surface area contributed by atoms with E-state index < -0.39 is 0 Å². The third-order valence-electron chi connectivity index (χ3n) is 4.77. The van der Waals surface area contributed by atoms with E-state index in [1.54, 1.807) is 0 Å².